The molecule has 4 nitrogen and oxygen atoms in total. The van der Waals surface area contributed by atoms with Crippen LogP contribution in [0.3, 0.4) is 0 Å². The predicted octanol–water partition coefficient (Wildman–Crippen LogP) is 4.43. The van der Waals surface area contributed by atoms with Crippen molar-refractivity contribution in [2.45, 2.75) is 6.92 Å². The number of ether oxygens (including phenoxy) is 1. The number of ketones is 1. The van der Waals surface area contributed by atoms with Crippen LogP contribution in [0.15, 0.2) is 66.7 Å². The zero-order chi connectivity index (χ0) is 17.1. The molecule has 0 fully saturated rings. The van der Waals surface area contributed by atoms with Crippen LogP contribution in [-0.2, 0) is 0 Å². The summed E-state index contributed by atoms with van der Waals surface area (Å²) >= 11 is 0. The number of phenolic OH excluding ortho intramolecular Hbond substituents is 2. The van der Waals surface area contributed by atoms with Gasteiger partial charge in [-0.25, -0.2) is 0 Å². The molecule has 0 radical (unpaired) electrons. The summed E-state index contributed by atoms with van der Waals surface area (Å²) in [5.74, 6) is -0.653. The number of phenols is 2. The molecule has 0 aliphatic heterocycles. The lowest BCUT2D eigenvalue weighted by molar-refractivity contribution is 0.103. The van der Waals surface area contributed by atoms with Gasteiger partial charge in [-0.2, -0.15) is 0 Å². The van der Waals surface area contributed by atoms with Crippen molar-refractivity contribution >= 4 is 5.78 Å². The zero-order valence-electron chi connectivity index (χ0n) is 13.1. The molecule has 3 rings (SSSR count). The second kappa shape index (κ2) is 6.46. The van der Waals surface area contributed by atoms with Crippen molar-refractivity contribution in [3.63, 3.8) is 0 Å². The fraction of sp³-hybridized carbons (Fsp3) is 0.0500. The Morgan fingerprint density at radius 3 is 2.21 bits per heavy atom. The SMILES string of the molecule is Cc1ccc(Oc2c(O)ccc(C(=O)c3ccccc3)c2O)cc1. The molecule has 24 heavy (non-hydrogen) atoms. The molecule has 0 aliphatic carbocycles. The molecular weight excluding hydrogens is 304 g/mol. The molecule has 0 aromatic heterocycles. The first kappa shape index (κ1) is 15.6. The molecule has 120 valence electrons. The number of carbonyl (C=O) groups excluding carboxylic acids is 1. The van der Waals surface area contributed by atoms with Gasteiger partial charge in [0.1, 0.15) is 5.75 Å². The number of aromatic hydroxyl groups is 2. The van der Waals surface area contributed by atoms with Gasteiger partial charge in [-0.15, -0.1) is 0 Å². The summed E-state index contributed by atoms with van der Waals surface area (Å²) in [4.78, 5) is 12.5. The van der Waals surface area contributed by atoms with Crippen LogP contribution in [-0.4, -0.2) is 16.0 Å². The number of aryl methyl sites for hydroxylation is 1. The first-order valence-corrected chi connectivity index (χ1v) is 7.45. The second-order valence-corrected chi connectivity index (χ2v) is 5.42. The standard InChI is InChI=1S/C20H16O4/c1-13-7-9-15(10-8-13)24-20-17(21)12-11-16(19(20)23)18(22)14-5-3-2-4-6-14/h2-12,21,23H,1H3. The molecule has 0 heterocycles. The van der Waals surface area contributed by atoms with E-state index in [1.807, 2.05) is 19.1 Å². The van der Waals surface area contributed by atoms with Crippen LogP contribution >= 0.6 is 0 Å². The van der Waals surface area contributed by atoms with Gasteiger partial charge in [0.2, 0.25) is 5.75 Å². The van der Waals surface area contributed by atoms with Crippen molar-refractivity contribution in [2.24, 2.45) is 0 Å². The van der Waals surface area contributed by atoms with E-state index in [0.29, 0.717) is 11.3 Å². The van der Waals surface area contributed by atoms with Gasteiger partial charge in [0, 0.05) is 5.56 Å². The summed E-state index contributed by atoms with van der Waals surface area (Å²) in [6.07, 6.45) is 0. The van der Waals surface area contributed by atoms with E-state index < -0.39 is 0 Å². The second-order valence-electron chi connectivity index (χ2n) is 5.42. The third-order valence-electron chi connectivity index (χ3n) is 3.63. The highest BCUT2D eigenvalue weighted by atomic mass is 16.5. The van der Waals surface area contributed by atoms with Crippen molar-refractivity contribution < 1.29 is 19.7 Å². The monoisotopic (exact) mass is 320 g/mol. The van der Waals surface area contributed by atoms with Crippen molar-refractivity contribution in [2.75, 3.05) is 0 Å². The van der Waals surface area contributed by atoms with Crippen LogP contribution in [0.4, 0.5) is 0 Å². The minimum Gasteiger partial charge on any atom is -0.504 e. The van der Waals surface area contributed by atoms with Gasteiger partial charge in [-0.1, -0.05) is 48.0 Å². The number of carbonyl (C=O) groups is 1. The Bertz CT molecular complexity index is 868. The number of hydrogen-bond acceptors (Lipinski definition) is 4. The van der Waals surface area contributed by atoms with Crippen molar-refractivity contribution in [1.29, 1.82) is 0 Å². The molecule has 3 aromatic rings. The molecule has 0 bridgehead atoms. The summed E-state index contributed by atoms with van der Waals surface area (Å²) in [5, 5.41) is 20.4. The smallest absolute Gasteiger partial charge is 0.211 e. The highest BCUT2D eigenvalue weighted by molar-refractivity contribution is 6.11. The molecular formula is C20H16O4. The molecule has 0 saturated heterocycles. The minimum atomic E-state index is -0.385. The Morgan fingerprint density at radius 1 is 0.875 bits per heavy atom. The first-order valence-electron chi connectivity index (χ1n) is 7.45. The van der Waals surface area contributed by atoms with Gasteiger partial charge in [-0.05, 0) is 31.2 Å². The minimum absolute atomic E-state index is 0.0705. The fourth-order valence-corrected chi connectivity index (χ4v) is 2.31. The zero-order valence-corrected chi connectivity index (χ0v) is 13.1. The lowest BCUT2D eigenvalue weighted by Crippen LogP contribution is -2.02. The van der Waals surface area contributed by atoms with Crippen LogP contribution in [0.2, 0.25) is 0 Å². The molecule has 0 spiro atoms. The van der Waals surface area contributed by atoms with Crippen LogP contribution in [0.25, 0.3) is 0 Å². The summed E-state index contributed by atoms with van der Waals surface area (Å²) < 4.78 is 5.57. The van der Waals surface area contributed by atoms with Gasteiger partial charge in [0.25, 0.3) is 0 Å². The Balaban J connectivity index is 1.99. The summed E-state index contributed by atoms with van der Waals surface area (Å²) in [7, 11) is 0. The van der Waals surface area contributed by atoms with Crippen molar-refractivity contribution in [3.05, 3.63) is 83.4 Å². The Kier molecular flexibility index (Phi) is 4.20. The van der Waals surface area contributed by atoms with E-state index in [9.17, 15) is 15.0 Å². The molecule has 2 N–H and O–H groups in total. The van der Waals surface area contributed by atoms with E-state index in [2.05, 4.69) is 0 Å². The molecule has 3 aromatic carbocycles. The number of hydrogen-bond donors (Lipinski definition) is 2. The maximum Gasteiger partial charge on any atom is 0.211 e. The van der Waals surface area contributed by atoms with E-state index in [0.717, 1.165) is 5.56 Å². The van der Waals surface area contributed by atoms with Crippen molar-refractivity contribution in [1.82, 2.24) is 0 Å². The Morgan fingerprint density at radius 2 is 1.54 bits per heavy atom. The lowest BCUT2D eigenvalue weighted by atomic mass is 10.0. The summed E-state index contributed by atoms with van der Waals surface area (Å²) in [5.41, 5.74) is 1.57. The van der Waals surface area contributed by atoms with Gasteiger partial charge in [-0.3, -0.25) is 4.79 Å². The molecule has 0 atom stereocenters. The Labute approximate surface area is 139 Å². The summed E-state index contributed by atoms with van der Waals surface area (Å²) in [6.45, 7) is 1.94. The first-order chi connectivity index (χ1) is 11.6. The maximum atomic E-state index is 12.5. The molecule has 0 unspecified atom stereocenters. The Hall–Kier alpha value is -3.27. The van der Waals surface area contributed by atoms with Crippen LogP contribution < -0.4 is 4.74 Å². The molecule has 0 aliphatic rings. The van der Waals surface area contributed by atoms with Crippen LogP contribution in [0.5, 0.6) is 23.0 Å². The quantitative estimate of drug-likeness (QED) is 0.698. The third-order valence-corrected chi connectivity index (χ3v) is 3.63. The molecule has 0 saturated carbocycles. The lowest BCUT2D eigenvalue weighted by Gasteiger charge is -2.12. The fourth-order valence-electron chi connectivity index (χ4n) is 2.31. The highest BCUT2D eigenvalue weighted by Gasteiger charge is 2.20. The predicted molar refractivity (Wildman–Crippen MR) is 90.9 cm³/mol. The number of benzene rings is 3. The van der Waals surface area contributed by atoms with E-state index in [4.69, 9.17) is 4.74 Å². The highest BCUT2D eigenvalue weighted by Crippen LogP contribution is 2.41. The maximum absolute atomic E-state index is 12.5. The largest absolute Gasteiger partial charge is 0.504 e. The van der Waals surface area contributed by atoms with Crippen LogP contribution in [0, 0.1) is 6.92 Å². The van der Waals surface area contributed by atoms with E-state index in [1.54, 1.807) is 42.5 Å². The molecule has 0 amide bonds. The van der Waals surface area contributed by atoms with E-state index in [-0.39, 0.29) is 28.6 Å². The topological polar surface area (TPSA) is 66.8 Å². The molecule has 4 heteroatoms. The third kappa shape index (κ3) is 3.08. The number of rotatable bonds is 4. The van der Waals surface area contributed by atoms with Gasteiger partial charge >= 0.3 is 0 Å². The summed E-state index contributed by atoms with van der Waals surface area (Å²) in [6, 6.07) is 18.5. The average Bonchev–Trinajstić information content (AvgIpc) is 2.60. The van der Waals surface area contributed by atoms with Crippen molar-refractivity contribution in [3.8, 4) is 23.0 Å². The van der Waals surface area contributed by atoms with E-state index >= 15 is 0 Å². The van der Waals surface area contributed by atoms with Gasteiger partial charge < -0.3 is 14.9 Å². The van der Waals surface area contributed by atoms with Gasteiger partial charge in [0.05, 0.1) is 5.56 Å². The normalized spacial score (nSPS) is 10.4. The van der Waals surface area contributed by atoms with E-state index in [1.165, 1.54) is 12.1 Å². The van der Waals surface area contributed by atoms with Gasteiger partial charge in [0.15, 0.2) is 17.3 Å². The average molecular weight is 320 g/mol. The van der Waals surface area contributed by atoms with Crippen LogP contribution in [0.1, 0.15) is 21.5 Å².